The Morgan fingerprint density at radius 3 is 2.48 bits per heavy atom. The fraction of sp³-hybridized carbons (Fsp3) is 0.286. The number of ether oxygens (including phenoxy) is 6. The van der Waals surface area contributed by atoms with E-state index in [0.717, 1.165) is 4.68 Å². The lowest BCUT2D eigenvalue weighted by Gasteiger charge is -2.12. The van der Waals surface area contributed by atoms with E-state index in [4.69, 9.17) is 28.4 Å². The Morgan fingerprint density at radius 2 is 1.77 bits per heavy atom. The summed E-state index contributed by atoms with van der Waals surface area (Å²) in [6.45, 7) is 0.712. The number of methoxy groups -OCH3 is 3. The monoisotopic (exact) mass is 427 g/mol. The number of hydrogen-bond donors (Lipinski definition) is 0. The van der Waals surface area contributed by atoms with Gasteiger partial charge in [-0.2, -0.15) is 9.67 Å². The molecule has 2 heterocycles. The van der Waals surface area contributed by atoms with Gasteiger partial charge in [0.05, 0.1) is 20.8 Å². The summed E-state index contributed by atoms with van der Waals surface area (Å²) in [5.74, 6) is 1.64. The summed E-state index contributed by atoms with van der Waals surface area (Å²) < 4.78 is 33.3. The quantitative estimate of drug-likeness (QED) is 0.501. The molecular weight excluding hydrogens is 406 g/mol. The largest absolute Gasteiger partial charge is 0.496 e. The van der Waals surface area contributed by atoms with Crippen LogP contribution in [0.25, 0.3) is 11.4 Å². The highest BCUT2D eigenvalue weighted by Gasteiger charge is 2.27. The van der Waals surface area contributed by atoms with E-state index < -0.39 is 5.91 Å². The van der Waals surface area contributed by atoms with E-state index in [1.165, 1.54) is 14.2 Å². The number of aromatic nitrogens is 3. The lowest BCUT2D eigenvalue weighted by molar-refractivity contribution is 0.0936. The Labute approximate surface area is 178 Å². The Bertz CT molecular complexity index is 1070. The molecule has 162 valence electrons. The molecule has 1 aromatic heterocycles. The van der Waals surface area contributed by atoms with Crippen LogP contribution in [0.3, 0.4) is 0 Å². The second-order valence-electron chi connectivity index (χ2n) is 6.38. The van der Waals surface area contributed by atoms with Gasteiger partial charge in [0.15, 0.2) is 17.3 Å². The van der Waals surface area contributed by atoms with E-state index in [9.17, 15) is 4.79 Å². The van der Waals surface area contributed by atoms with Crippen molar-refractivity contribution in [3.05, 3.63) is 42.0 Å². The van der Waals surface area contributed by atoms with Crippen molar-refractivity contribution in [3.8, 4) is 40.4 Å². The molecular formula is C21H21N3O7. The van der Waals surface area contributed by atoms with E-state index in [-0.39, 0.29) is 30.8 Å². The van der Waals surface area contributed by atoms with Crippen LogP contribution in [-0.2, 0) is 4.74 Å². The summed E-state index contributed by atoms with van der Waals surface area (Å²) >= 11 is 0. The molecule has 1 aliphatic heterocycles. The first-order valence-corrected chi connectivity index (χ1v) is 9.40. The molecule has 10 nitrogen and oxygen atoms in total. The summed E-state index contributed by atoms with van der Waals surface area (Å²) in [6, 6.07) is 10.3. The van der Waals surface area contributed by atoms with Crippen molar-refractivity contribution in [3.63, 3.8) is 0 Å². The maximum absolute atomic E-state index is 13.5. The second-order valence-corrected chi connectivity index (χ2v) is 6.38. The molecule has 0 atom stereocenters. The first-order chi connectivity index (χ1) is 15.2. The maximum atomic E-state index is 13.5. The molecule has 4 rings (SSSR count). The van der Waals surface area contributed by atoms with Crippen molar-refractivity contribution in [2.75, 3.05) is 41.3 Å². The minimum absolute atomic E-state index is 0.0342. The zero-order valence-corrected chi connectivity index (χ0v) is 17.3. The van der Waals surface area contributed by atoms with Crippen molar-refractivity contribution in [1.29, 1.82) is 0 Å². The minimum atomic E-state index is -0.490. The third-order valence-corrected chi connectivity index (χ3v) is 4.57. The van der Waals surface area contributed by atoms with Gasteiger partial charge < -0.3 is 28.4 Å². The number of nitrogens with zero attached hydrogens (tertiary/aromatic N) is 3. The third kappa shape index (κ3) is 3.97. The van der Waals surface area contributed by atoms with Crippen LogP contribution in [0, 0.1) is 0 Å². The molecule has 0 radical (unpaired) electrons. The molecule has 0 saturated heterocycles. The highest BCUT2D eigenvalue weighted by Crippen LogP contribution is 2.36. The number of carbonyl (C=O) groups excluding carboxylic acids is 1. The summed E-state index contributed by atoms with van der Waals surface area (Å²) in [5.41, 5.74) is 0.809. The summed E-state index contributed by atoms with van der Waals surface area (Å²) in [4.78, 5) is 18.0. The summed E-state index contributed by atoms with van der Waals surface area (Å²) in [7, 11) is 4.51. The van der Waals surface area contributed by atoms with Crippen LogP contribution < -0.4 is 23.7 Å². The van der Waals surface area contributed by atoms with Gasteiger partial charge in [-0.3, -0.25) is 4.79 Å². The van der Waals surface area contributed by atoms with Crippen molar-refractivity contribution < 1.29 is 33.2 Å². The molecule has 0 bridgehead atoms. The van der Waals surface area contributed by atoms with Crippen molar-refractivity contribution >= 4 is 5.91 Å². The Hall–Kier alpha value is -3.79. The third-order valence-electron chi connectivity index (χ3n) is 4.57. The van der Waals surface area contributed by atoms with Gasteiger partial charge >= 0.3 is 6.01 Å². The topological polar surface area (TPSA) is 103 Å². The second kappa shape index (κ2) is 8.92. The number of carbonyl (C=O) groups is 1. The Balaban J connectivity index is 1.80. The molecule has 0 spiro atoms. The number of fused-ring (bicyclic) bond motifs is 1. The average Bonchev–Trinajstić information content (AvgIpc) is 3.44. The normalized spacial score (nSPS) is 12.0. The Morgan fingerprint density at radius 1 is 1.03 bits per heavy atom. The van der Waals surface area contributed by atoms with Crippen LogP contribution in [0.5, 0.6) is 29.0 Å². The molecule has 3 aromatic rings. The van der Waals surface area contributed by atoms with Crippen LogP contribution in [0.2, 0.25) is 0 Å². The van der Waals surface area contributed by atoms with Crippen LogP contribution in [0.4, 0.5) is 0 Å². The molecule has 0 fully saturated rings. The number of hydrogen-bond acceptors (Lipinski definition) is 9. The molecule has 0 N–H and O–H groups in total. The zero-order chi connectivity index (χ0) is 21.8. The molecule has 0 aliphatic carbocycles. The minimum Gasteiger partial charge on any atom is -0.496 e. The van der Waals surface area contributed by atoms with Crippen molar-refractivity contribution in [2.24, 2.45) is 0 Å². The SMILES string of the molecule is COCCOc1nc(-c2ccc3c(c2)OCO3)n(C(=O)c2c(OC)cccc2OC)n1. The molecule has 1 aliphatic rings. The highest BCUT2D eigenvalue weighted by molar-refractivity contribution is 6.02. The van der Waals surface area contributed by atoms with Crippen LogP contribution in [0.15, 0.2) is 36.4 Å². The van der Waals surface area contributed by atoms with Gasteiger partial charge in [-0.05, 0) is 30.3 Å². The van der Waals surface area contributed by atoms with Crippen LogP contribution in [-0.4, -0.2) is 62.0 Å². The van der Waals surface area contributed by atoms with E-state index in [2.05, 4.69) is 10.1 Å². The highest BCUT2D eigenvalue weighted by atomic mass is 16.7. The molecule has 0 amide bonds. The van der Waals surface area contributed by atoms with E-state index in [1.807, 2.05) is 0 Å². The molecule has 0 unspecified atom stereocenters. The maximum Gasteiger partial charge on any atom is 0.336 e. The van der Waals surface area contributed by atoms with Gasteiger partial charge in [0, 0.05) is 12.7 Å². The zero-order valence-electron chi connectivity index (χ0n) is 17.3. The molecule has 10 heteroatoms. The molecule has 2 aromatic carbocycles. The van der Waals surface area contributed by atoms with Crippen LogP contribution in [0.1, 0.15) is 10.4 Å². The van der Waals surface area contributed by atoms with E-state index >= 15 is 0 Å². The smallest absolute Gasteiger partial charge is 0.336 e. The lowest BCUT2D eigenvalue weighted by Crippen LogP contribution is -2.17. The van der Waals surface area contributed by atoms with Gasteiger partial charge in [0.25, 0.3) is 5.91 Å². The molecule has 31 heavy (non-hydrogen) atoms. The van der Waals surface area contributed by atoms with Gasteiger partial charge in [-0.25, -0.2) is 0 Å². The van der Waals surface area contributed by atoms with Gasteiger partial charge in [-0.15, -0.1) is 5.10 Å². The first-order valence-electron chi connectivity index (χ1n) is 9.40. The number of rotatable bonds is 8. The summed E-state index contributed by atoms with van der Waals surface area (Å²) in [6.07, 6.45) is 0. The standard InChI is InChI=1S/C21H21N3O7/c1-26-9-10-29-21-22-19(13-7-8-14-17(11-13)31-12-30-14)24(23-21)20(25)18-15(27-2)5-4-6-16(18)28-3/h4-8,11H,9-10,12H2,1-3H3. The fourth-order valence-corrected chi connectivity index (χ4v) is 3.10. The predicted molar refractivity (Wildman–Crippen MR) is 108 cm³/mol. The number of benzene rings is 2. The van der Waals surface area contributed by atoms with Crippen LogP contribution >= 0.6 is 0 Å². The van der Waals surface area contributed by atoms with Gasteiger partial charge in [-0.1, -0.05) is 6.07 Å². The lowest BCUT2D eigenvalue weighted by atomic mass is 10.1. The summed E-state index contributed by atoms with van der Waals surface area (Å²) in [5, 5.41) is 4.27. The van der Waals surface area contributed by atoms with Gasteiger partial charge in [0.1, 0.15) is 23.7 Å². The molecule has 0 saturated carbocycles. The fourth-order valence-electron chi connectivity index (χ4n) is 3.10. The van der Waals surface area contributed by atoms with Crippen molar-refractivity contribution in [1.82, 2.24) is 14.8 Å². The van der Waals surface area contributed by atoms with E-state index in [1.54, 1.807) is 43.5 Å². The van der Waals surface area contributed by atoms with E-state index in [0.29, 0.717) is 35.2 Å². The van der Waals surface area contributed by atoms with Crippen molar-refractivity contribution in [2.45, 2.75) is 0 Å². The van der Waals surface area contributed by atoms with Gasteiger partial charge in [0.2, 0.25) is 6.79 Å². The predicted octanol–water partition coefficient (Wildman–Crippen LogP) is 2.40. The average molecular weight is 427 g/mol. The Kier molecular flexibility index (Phi) is 5.89. The first kappa shape index (κ1) is 20.5.